The van der Waals surface area contributed by atoms with Crippen LogP contribution in [-0.2, 0) is 9.59 Å². The number of Topliss-reactive ketones (excluding diaryl/α,β-unsaturated/α-hetero) is 1. The zero-order valence-corrected chi connectivity index (χ0v) is 19.4. The van der Waals surface area contributed by atoms with E-state index < -0.39 is 22.7 Å². The first-order valence-electron chi connectivity index (χ1n) is 11.0. The van der Waals surface area contributed by atoms with Gasteiger partial charge in [0.05, 0.1) is 16.5 Å². The van der Waals surface area contributed by atoms with Crippen LogP contribution in [0, 0.1) is 24.0 Å². The summed E-state index contributed by atoms with van der Waals surface area (Å²) in [5.74, 6) is -1.77. The number of aryl methyl sites for hydroxylation is 2. The monoisotopic (exact) mass is 451 g/mol. The number of likely N-dealkylation sites (tertiary alicyclic amines) is 1. The van der Waals surface area contributed by atoms with E-state index in [2.05, 4.69) is 4.90 Å². The zero-order chi connectivity index (χ0) is 24.3. The maximum Gasteiger partial charge on any atom is 0.295 e. The number of hydrogen-bond donors (Lipinski definition) is 1. The van der Waals surface area contributed by atoms with Gasteiger partial charge >= 0.3 is 0 Å². The molecular formula is C25H29N3O5. The van der Waals surface area contributed by atoms with Crippen molar-refractivity contribution in [1.29, 1.82) is 0 Å². The Morgan fingerprint density at radius 3 is 2.45 bits per heavy atom. The highest BCUT2D eigenvalue weighted by Crippen LogP contribution is 2.40. The van der Waals surface area contributed by atoms with Gasteiger partial charge in [-0.05, 0) is 44.1 Å². The molecule has 8 nitrogen and oxygen atoms in total. The fourth-order valence-corrected chi connectivity index (χ4v) is 4.19. The minimum absolute atomic E-state index is 0.0475. The highest BCUT2D eigenvalue weighted by molar-refractivity contribution is 6.46. The number of ketones is 1. The van der Waals surface area contributed by atoms with Crippen molar-refractivity contribution < 1.29 is 19.6 Å². The Morgan fingerprint density at radius 2 is 1.82 bits per heavy atom. The number of amides is 1. The van der Waals surface area contributed by atoms with Crippen molar-refractivity contribution in [1.82, 2.24) is 9.80 Å². The second-order valence-electron chi connectivity index (χ2n) is 8.19. The lowest BCUT2D eigenvalue weighted by atomic mass is 9.93. The molecule has 2 aromatic carbocycles. The first-order chi connectivity index (χ1) is 15.7. The number of nitro groups is 1. The van der Waals surface area contributed by atoms with E-state index in [1.807, 2.05) is 39.8 Å². The Bertz CT molecular complexity index is 1120. The Morgan fingerprint density at radius 1 is 1.12 bits per heavy atom. The Kier molecular flexibility index (Phi) is 7.28. The number of benzene rings is 2. The lowest BCUT2D eigenvalue weighted by molar-refractivity contribution is -0.384. The van der Waals surface area contributed by atoms with E-state index in [9.17, 15) is 24.8 Å². The fraction of sp³-hybridized carbons (Fsp3) is 0.360. The predicted octanol–water partition coefficient (Wildman–Crippen LogP) is 3.98. The average molecular weight is 452 g/mol. The van der Waals surface area contributed by atoms with Crippen molar-refractivity contribution in [3.8, 4) is 0 Å². The smallest absolute Gasteiger partial charge is 0.295 e. The summed E-state index contributed by atoms with van der Waals surface area (Å²) in [6.07, 6.45) is 0. The van der Waals surface area contributed by atoms with E-state index in [1.165, 1.54) is 23.1 Å². The summed E-state index contributed by atoms with van der Waals surface area (Å²) >= 11 is 0. The van der Waals surface area contributed by atoms with Crippen molar-refractivity contribution in [2.45, 2.75) is 33.7 Å². The van der Waals surface area contributed by atoms with Crippen LogP contribution in [0.4, 0.5) is 5.69 Å². The summed E-state index contributed by atoms with van der Waals surface area (Å²) in [4.78, 5) is 40.6. The molecule has 0 saturated carbocycles. The quantitative estimate of drug-likeness (QED) is 0.214. The molecule has 0 bridgehead atoms. The molecule has 1 aliphatic rings. The van der Waals surface area contributed by atoms with E-state index in [0.29, 0.717) is 17.7 Å². The van der Waals surface area contributed by atoms with Crippen LogP contribution in [0.3, 0.4) is 0 Å². The third-order valence-electron chi connectivity index (χ3n) is 6.14. The number of aliphatic hydroxyl groups excluding tert-OH is 1. The second-order valence-corrected chi connectivity index (χ2v) is 8.19. The fourth-order valence-electron chi connectivity index (χ4n) is 4.19. The van der Waals surface area contributed by atoms with Gasteiger partial charge in [-0.1, -0.05) is 43.7 Å². The van der Waals surface area contributed by atoms with E-state index >= 15 is 0 Å². The number of carbonyl (C=O) groups excluding carboxylic acids is 2. The van der Waals surface area contributed by atoms with Crippen LogP contribution in [0.2, 0.25) is 0 Å². The number of non-ortho nitro benzene ring substituents is 1. The molecule has 1 heterocycles. The Hall–Kier alpha value is -3.52. The molecule has 0 aromatic heterocycles. The van der Waals surface area contributed by atoms with Gasteiger partial charge in [0.15, 0.2) is 0 Å². The molecule has 1 fully saturated rings. The number of nitrogens with zero attached hydrogens (tertiary/aromatic N) is 3. The molecule has 1 amide bonds. The molecular weight excluding hydrogens is 422 g/mol. The van der Waals surface area contributed by atoms with E-state index in [1.54, 1.807) is 12.1 Å². The molecule has 0 spiro atoms. The summed E-state index contributed by atoms with van der Waals surface area (Å²) in [6, 6.07) is 10.5. The van der Waals surface area contributed by atoms with E-state index in [0.717, 1.165) is 24.2 Å². The largest absolute Gasteiger partial charge is 0.507 e. The standard InChI is InChI=1S/C25H29N3O5/c1-5-26(6-2)12-13-27-22(18-8-7-9-19(15-18)28(32)33)21(24(30)25(27)31)23(29)20-14-16(3)10-11-17(20)4/h7-11,14-15,22,29H,5-6,12-13H2,1-4H3. The minimum atomic E-state index is -0.916. The van der Waals surface area contributed by atoms with Crippen LogP contribution >= 0.6 is 0 Å². The maximum absolute atomic E-state index is 13.2. The lowest BCUT2D eigenvalue weighted by Crippen LogP contribution is -2.38. The number of aliphatic hydroxyl groups is 1. The molecule has 1 atom stereocenters. The summed E-state index contributed by atoms with van der Waals surface area (Å²) in [5, 5.41) is 22.6. The van der Waals surface area contributed by atoms with E-state index in [-0.39, 0.29) is 23.6 Å². The van der Waals surface area contributed by atoms with Gasteiger partial charge in [0.25, 0.3) is 17.4 Å². The van der Waals surface area contributed by atoms with Crippen LogP contribution < -0.4 is 0 Å². The van der Waals surface area contributed by atoms with Crippen LogP contribution in [0.25, 0.3) is 5.76 Å². The van der Waals surface area contributed by atoms with Crippen molar-refractivity contribution in [3.63, 3.8) is 0 Å². The van der Waals surface area contributed by atoms with Crippen LogP contribution in [0.15, 0.2) is 48.0 Å². The molecule has 0 aliphatic carbocycles. The molecule has 3 rings (SSSR count). The summed E-state index contributed by atoms with van der Waals surface area (Å²) in [7, 11) is 0. The first-order valence-corrected chi connectivity index (χ1v) is 11.0. The number of rotatable bonds is 8. The van der Waals surface area contributed by atoms with Crippen molar-refractivity contribution in [2.75, 3.05) is 26.2 Å². The maximum atomic E-state index is 13.2. The Balaban J connectivity index is 2.19. The lowest BCUT2D eigenvalue weighted by Gasteiger charge is -2.28. The molecule has 1 aliphatic heterocycles. The van der Waals surface area contributed by atoms with Gasteiger partial charge in [0.2, 0.25) is 0 Å². The van der Waals surface area contributed by atoms with Gasteiger partial charge in [-0.15, -0.1) is 0 Å². The zero-order valence-electron chi connectivity index (χ0n) is 19.4. The normalized spacial score (nSPS) is 17.7. The second kappa shape index (κ2) is 9.95. The number of likely N-dealkylation sites (N-methyl/N-ethyl adjacent to an activating group) is 1. The highest BCUT2D eigenvalue weighted by Gasteiger charge is 2.46. The molecule has 1 saturated heterocycles. The molecule has 0 radical (unpaired) electrons. The van der Waals surface area contributed by atoms with Crippen LogP contribution in [0.5, 0.6) is 0 Å². The van der Waals surface area contributed by atoms with Gasteiger partial charge in [0, 0.05) is 30.8 Å². The van der Waals surface area contributed by atoms with Gasteiger partial charge < -0.3 is 14.9 Å². The summed E-state index contributed by atoms with van der Waals surface area (Å²) in [5.41, 5.74) is 2.33. The molecule has 1 N–H and O–H groups in total. The number of hydrogen-bond acceptors (Lipinski definition) is 6. The molecule has 1 unspecified atom stereocenters. The predicted molar refractivity (Wildman–Crippen MR) is 126 cm³/mol. The average Bonchev–Trinajstić information content (AvgIpc) is 3.06. The van der Waals surface area contributed by atoms with Crippen molar-refractivity contribution in [3.05, 3.63) is 80.4 Å². The molecule has 33 heavy (non-hydrogen) atoms. The van der Waals surface area contributed by atoms with Gasteiger partial charge in [-0.3, -0.25) is 19.7 Å². The van der Waals surface area contributed by atoms with Gasteiger partial charge in [-0.25, -0.2) is 0 Å². The van der Waals surface area contributed by atoms with E-state index in [4.69, 9.17) is 0 Å². The van der Waals surface area contributed by atoms with Gasteiger partial charge in [-0.2, -0.15) is 0 Å². The van der Waals surface area contributed by atoms with Crippen molar-refractivity contribution >= 4 is 23.1 Å². The molecule has 174 valence electrons. The third-order valence-corrected chi connectivity index (χ3v) is 6.14. The topological polar surface area (TPSA) is 104 Å². The summed E-state index contributed by atoms with van der Waals surface area (Å²) in [6.45, 7) is 10.1. The molecule has 8 heteroatoms. The van der Waals surface area contributed by atoms with Crippen LogP contribution in [0.1, 0.15) is 42.1 Å². The van der Waals surface area contributed by atoms with Crippen molar-refractivity contribution in [2.24, 2.45) is 0 Å². The summed E-state index contributed by atoms with van der Waals surface area (Å²) < 4.78 is 0. The van der Waals surface area contributed by atoms with Gasteiger partial charge in [0.1, 0.15) is 5.76 Å². The Labute approximate surface area is 193 Å². The third kappa shape index (κ3) is 4.80. The SMILES string of the molecule is CCN(CC)CCN1C(=O)C(=O)C(=C(O)c2cc(C)ccc2C)C1c1cccc([N+](=O)[O-])c1. The minimum Gasteiger partial charge on any atom is -0.507 e. The van der Waals surface area contributed by atoms with Crippen LogP contribution in [-0.4, -0.2) is 57.7 Å². The number of nitro benzene ring substituents is 1. The number of carbonyl (C=O) groups is 2. The first kappa shape index (κ1) is 24.1. The highest BCUT2D eigenvalue weighted by atomic mass is 16.6. The molecule has 2 aromatic rings.